The minimum atomic E-state index is -0.0254. The summed E-state index contributed by atoms with van der Waals surface area (Å²) < 4.78 is 0. The predicted octanol–water partition coefficient (Wildman–Crippen LogP) is 3.23. The zero-order valence-corrected chi connectivity index (χ0v) is 13.1. The van der Waals surface area contributed by atoms with Crippen molar-refractivity contribution >= 4 is 29.1 Å². The normalized spacial score (nSPS) is 24.1. The van der Waals surface area contributed by atoms with E-state index in [1.165, 1.54) is 0 Å². The van der Waals surface area contributed by atoms with Crippen molar-refractivity contribution in [1.29, 1.82) is 0 Å². The highest BCUT2D eigenvalue weighted by molar-refractivity contribution is 6.42. The molecule has 1 aliphatic rings. The molecule has 0 bridgehead atoms. The van der Waals surface area contributed by atoms with Gasteiger partial charge in [0.1, 0.15) is 0 Å². The summed E-state index contributed by atoms with van der Waals surface area (Å²) >= 11 is 11.9. The third kappa shape index (κ3) is 3.46. The molecule has 20 heavy (non-hydrogen) atoms. The van der Waals surface area contributed by atoms with Crippen LogP contribution in [0.25, 0.3) is 0 Å². The van der Waals surface area contributed by atoms with Gasteiger partial charge in [-0.15, -0.1) is 0 Å². The van der Waals surface area contributed by atoms with Gasteiger partial charge in [-0.3, -0.25) is 4.79 Å². The minimum absolute atomic E-state index is 0.000542. The number of hydrogen-bond donors (Lipinski definition) is 2. The second-order valence-corrected chi connectivity index (χ2v) is 6.39. The van der Waals surface area contributed by atoms with E-state index in [-0.39, 0.29) is 36.3 Å². The topological polar surface area (TPSA) is 49.3 Å². The fourth-order valence-corrected chi connectivity index (χ4v) is 2.53. The highest BCUT2D eigenvalue weighted by atomic mass is 35.5. The Hall–Kier alpha value is -0.770. The second kappa shape index (κ2) is 6.33. The molecule has 0 heterocycles. The molecule has 2 N–H and O–H groups in total. The molecule has 1 aliphatic carbocycles. The van der Waals surface area contributed by atoms with Crippen LogP contribution in [0.15, 0.2) is 18.2 Å². The molecule has 1 amide bonds. The fourth-order valence-electron chi connectivity index (χ4n) is 2.23. The van der Waals surface area contributed by atoms with Crippen molar-refractivity contribution in [3.8, 4) is 0 Å². The van der Waals surface area contributed by atoms with Crippen molar-refractivity contribution in [3.05, 3.63) is 33.8 Å². The minimum Gasteiger partial charge on any atom is -0.396 e. The summed E-state index contributed by atoms with van der Waals surface area (Å²) in [7, 11) is 0. The van der Waals surface area contributed by atoms with Gasteiger partial charge >= 0.3 is 0 Å². The lowest BCUT2D eigenvalue weighted by atomic mass is 10.0. The molecular formula is C15H19Cl2NO2. The molecule has 0 saturated heterocycles. The van der Waals surface area contributed by atoms with Crippen LogP contribution in [-0.4, -0.2) is 23.7 Å². The summed E-state index contributed by atoms with van der Waals surface area (Å²) in [6.45, 7) is 3.89. The van der Waals surface area contributed by atoms with Gasteiger partial charge in [0.25, 0.3) is 0 Å². The van der Waals surface area contributed by atoms with Crippen molar-refractivity contribution in [1.82, 2.24) is 5.32 Å². The Morgan fingerprint density at radius 2 is 2.10 bits per heavy atom. The Balaban J connectivity index is 1.94. The molecule has 1 fully saturated rings. The first-order valence-corrected chi connectivity index (χ1v) is 7.55. The highest BCUT2D eigenvalue weighted by Gasteiger charge is 2.44. The number of hydrogen-bond acceptors (Lipinski definition) is 2. The number of benzene rings is 1. The van der Waals surface area contributed by atoms with E-state index in [0.717, 1.165) is 12.0 Å². The summed E-state index contributed by atoms with van der Waals surface area (Å²) in [6, 6.07) is 5.50. The first-order chi connectivity index (χ1) is 9.43. The van der Waals surface area contributed by atoms with Crippen LogP contribution in [0.4, 0.5) is 0 Å². The molecule has 3 nitrogen and oxygen atoms in total. The zero-order valence-electron chi connectivity index (χ0n) is 11.6. The summed E-state index contributed by atoms with van der Waals surface area (Å²) in [4.78, 5) is 12.1. The molecule has 1 aromatic carbocycles. The number of aliphatic hydroxyl groups is 1. The molecule has 0 aliphatic heterocycles. The van der Waals surface area contributed by atoms with E-state index in [1.807, 2.05) is 26.0 Å². The van der Waals surface area contributed by atoms with Crippen LogP contribution in [0.3, 0.4) is 0 Å². The smallest absolute Gasteiger partial charge is 0.223 e. The molecular weight excluding hydrogens is 297 g/mol. The SMILES string of the molecule is CC(CO)C(C)NC(=O)C1CC1c1ccc(Cl)c(Cl)c1. The van der Waals surface area contributed by atoms with Gasteiger partial charge in [-0.1, -0.05) is 36.2 Å². The van der Waals surface area contributed by atoms with E-state index < -0.39 is 0 Å². The zero-order chi connectivity index (χ0) is 14.9. The van der Waals surface area contributed by atoms with Gasteiger partial charge in [0.2, 0.25) is 5.91 Å². The maximum Gasteiger partial charge on any atom is 0.223 e. The lowest BCUT2D eigenvalue weighted by molar-refractivity contribution is -0.123. The third-order valence-electron chi connectivity index (χ3n) is 4.01. The van der Waals surface area contributed by atoms with Crippen LogP contribution in [0.2, 0.25) is 10.0 Å². The largest absolute Gasteiger partial charge is 0.396 e. The van der Waals surface area contributed by atoms with Crippen LogP contribution in [0.1, 0.15) is 31.7 Å². The van der Waals surface area contributed by atoms with E-state index >= 15 is 0 Å². The van der Waals surface area contributed by atoms with Crippen molar-refractivity contribution in [2.24, 2.45) is 11.8 Å². The van der Waals surface area contributed by atoms with Crippen LogP contribution in [0.5, 0.6) is 0 Å². The molecule has 0 radical (unpaired) electrons. The van der Waals surface area contributed by atoms with Gasteiger partial charge in [-0.25, -0.2) is 0 Å². The summed E-state index contributed by atoms with van der Waals surface area (Å²) in [5.74, 6) is 0.331. The van der Waals surface area contributed by atoms with Crippen LogP contribution in [0, 0.1) is 11.8 Å². The molecule has 1 saturated carbocycles. The van der Waals surface area contributed by atoms with E-state index in [1.54, 1.807) is 6.07 Å². The Bertz CT molecular complexity index is 507. The Morgan fingerprint density at radius 1 is 1.40 bits per heavy atom. The lowest BCUT2D eigenvalue weighted by Crippen LogP contribution is -2.39. The number of carbonyl (C=O) groups excluding carboxylic acids is 1. The van der Waals surface area contributed by atoms with Crippen LogP contribution in [-0.2, 0) is 4.79 Å². The standard InChI is InChI=1S/C15H19Cl2NO2/c1-8(7-19)9(2)18-15(20)12-6-11(12)10-3-4-13(16)14(17)5-10/h3-5,8-9,11-12,19H,6-7H2,1-2H3,(H,18,20). The van der Waals surface area contributed by atoms with Gasteiger partial charge in [0, 0.05) is 18.6 Å². The molecule has 1 aromatic rings. The van der Waals surface area contributed by atoms with Gasteiger partial charge in [-0.05, 0) is 42.9 Å². The van der Waals surface area contributed by atoms with Gasteiger partial charge in [0.05, 0.1) is 10.0 Å². The lowest BCUT2D eigenvalue weighted by Gasteiger charge is -2.19. The maximum absolute atomic E-state index is 12.1. The molecule has 2 rings (SSSR count). The number of rotatable bonds is 5. The van der Waals surface area contributed by atoms with E-state index in [9.17, 15) is 4.79 Å². The van der Waals surface area contributed by atoms with Crippen molar-refractivity contribution in [2.75, 3.05) is 6.61 Å². The average Bonchev–Trinajstić information content (AvgIpc) is 3.21. The number of halogens is 2. The summed E-state index contributed by atoms with van der Waals surface area (Å²) in [6.07, 6.45) is 0.837. The molecule has 4 unspecified atom stereocenters. The first kappa shape index (κ1) is 15.6. The van der Waals surface area contributed by atoms with Crippen molar-refractivity contribution < 1.29 is 9.90 Å². The van der Waals surface area contributed by atoms with Gasteiger partial charge in [0.15, 0.2) is 0 Å². The summed E-state index contributed by atoms with van der Waals surface area (Å²) in [5.41, 5.74) is 1.06. The molecule has 5 heteroatoms. The third-order valence-corrected chi connectivity index (χ3v) is 4.75. The van der Waals surface area contributed by atoms with Gasteiger partial charge < -0.3 is 10.4 Å². The molecule has 110 valence electrons. The Labute approximate surface area is 129 Å². The van der Waals surface area contributed by atoms with Crippen molar-refractivity contribution in [3.63, 3.8) is 0 Å². The van der Waals surface area contributed by atoms with Crippen LogP contribution < -0.4 is 5.32 Å². The molecule has 0 aromatic heterocycles. The highest BCUT2D eigenvalue weighted by Crippen LogP contribution is 2.48. The van der Waals surface area contributed by atoms with Crippen LogP contribution >= 0.6 is 23.2 Å². The summed E-state index contributed by atoms with van der Waals surface area (Å²) in [5, 5.41) is 13.1. The van der Waals surface area contributed by atoms with E-state index in [4.69, 9.17) is 28.3 Å². The second-order valence-electron chi connectivity index (χ2n) is 5.58. The Kier molecular flexibility index (Phi) is 4.95. The maximum atomic E-state index is 12.1. The molecule has 4 atom stereocenters. The fraction of sp³-hybridized carbons (Fsp3) is 0.533. The first-order valence-electron chi connectivity index (χ1n) is 6.80. The van der Waals surface area contributed by atoms with Crippen molar-refractivity contribution in [2.45, 2.75) is 32.2 Å². The van der Waals surface area contributed by atoms with Gasteiger partial charge in [-0.2, -0.15) is 0 Å². The monoisotopic (exact) mass is 315 g/mol. The Morgan fingerprint density at radius 3 is 2.70 bits per heavy atom. The number of amides is 1. The quantitative estimate of drug-likeness (QED) is 0.876. The predicted molar refractivity (Wildman–Crippen MR) is 81.2 cm³/mol. The number of aliphatic hydroxyl groups excluding tert-OH is 1. The average molecular weight is 316 g/mol. The van der Waals surface area contributed by atoms with E-state index in [2.05, 4.69) is 5.32 Å². The van der Waals surface area contributed by atoms with E-state index in [0.29, 0.717) is 10.0 Å². The number of nitrogens with one attached hydrogen (secondary N) is 1. The number of carbonyl (C=O) groups is 1. The molecule has 0 spiro atoms.